The maximum Gasteiger partial charge on any atom is 0.0440 e. The zero-order valence-corrected chi connectivity index (χ0v) is 14.7. The minimum absolute atomic E-state index is 0.354. The van der Waals surface area contributed by atoms with Crippen LogP contribution in [0.4, 0.5) is 0 Å². The molecule has 1 unspecified atom stereocenters. The summed E-state index contributed by atoms with van der Waals surface area (Å²) in [5.41, 5.74) is 4.65. The first-order chi connectivity index (χ1) is 11.1. The normalized spacial score (nSPS) is 30.0. The zero-order chi connectivity index (χ0) is 16.0. The van der Waals surface area contributed by atoms with Crippen molar-refractivity contribution in [2.45, 2.75) is 32.7 Å². The van der Waals surface area contributed by atoms with E-state index < -0.39 is 0 Å². The van der Waals surface area contributed by atoms with Gasteiger partial charge in [-0.3, -0.25) is 4.90 Å². The van der Waals surface area contributed by atoms with Gasteiger partial charge in [0.25, 0.3) is 0 Å². The maximum absolute atomic E-state index is 6.50. The lowest BCUT2D eigenvalue weighted by Crippen LogP contribution is -2.38. The molecule has 1 heterocycles. The van der Waals surface area contributed by atoms with Gasteiger partial charge in [0.05, 0.1) is 0 Å². The first kappa shape index (κ1) is 15.2. The number of halogens is 1. The van der Waals surface area contributed by atoms with Gasteiger partial charge in [-0.15, -0.1) is 0 Å². The summed E-state index contributed by atoms with van der Waals surface area (Å²) in [7, 11) is 0. The average molecular weight is 326 g/mol. The molecule has 0 amide bonds. The van der Waals surface area contributed by atoms with E-state index in [4.69, 9.17) is 11.6 Å². The van der Waals surface area contributed by atoms with E-state index in [1.807, 2.05) is 6.07 Å². The fraction of sp³-hybridized carbons (Fsp3) is 0.429. The van der Waals surface area contributed by atoms with Crippen LogP contribution in [-0.4, -0.2) is 18.0 Å². The molecule has 1 aliphatic heterocycles. The number of hydrogen-bond acceptors (Lipinski definition) is 1. The van der Waals surface area contributed by atoms with Gasteiger partial charge in [-0.1, -0.05) is 67.9 Å². The Kier molecular flexibility index (Phi) is 3.74. The lowest BCUT2D eigenvalue weighted by molar-refractivity contribution is 0.165. The molecule has 120 valence electrons. The Morgan fingerprint density at radius 1 is 1.13 bits per heavy atom. The molecule has 2 aliphatic rings. The van der Waals surface area contributed by atoms with Gasteiger partial charge in [-0.2, -0.15) is 0 Å². The molecule has 0 aromatic heterocycles. The Labute approximate surface area is 144 Å². The topological polar surface area (TPSA) is 3.24 Å². The van der Waals surface area contributed by atoms with Crippen molar-refractivity contribution in [3.8, 4) is 0 Å². The molecule has 1 aliphatic carbocycles. The largest absolute Gasteiger partial charge is 0.298 e. The van der Waals surface area contributed by atoms with E-state index in [9.17, 15) is 0 Å². The number of nitrogens with zero attached hydrogens (tertiary/aromatic N) is 1. The van der Waals surface area contributed by atoms with Crippen LogP contribution in [0.2, 0.25) is 5.02 Å². The molecule has 23 heavy (non-hydrogen) atoms. The number of hydrogen-bond donors (Lipinski definition) is 0. The molecular formula is C21H24ClN. The third kappa shape index (κ3) is 2.51. The quantitative estimate of drug-likeness (QED) is 0.739. The van der Waals surface area contributed by atoms with E-state index in [0.717, 1.165) is 24.5 Å². The second-order valence-electron chi connectivity index (χ2n) is 7.63. The molecule has 1 saturated heterocycles. The maximum atomic E-state index is 6.50. The highest BCUT2D eigenvalue weighted by Crippen LogP contribution is 2.54. The van der Waals surface area contributed by atoms with Gasteiger partial charge in [0.15, 0.2) is 0 Å². The van der Waals surface area contributed by atoms with Crippen LogP contribution < -0.4 is 0 Å². The van der Waals surface area contributed by atoms with E-state index in [2.05, 4.69) is 61.2 Å². The molecule has 0 spiro atoms. The van der Waals surface area contributed by atoms with Crippen LogP contribution in [0, 0.1) is 11.3 Å². The SMILES string of the molecule is C[C@H]1Cc2c(Cl)cccc2C2CN(Cc3ccccc3)C[C@@]21C. The third-order valence-electron chi connectivity index (χ3n) is 6.22. The Morgan fingerprint density at radius 3 is 2.70 bits per heavy atom. The van der Waals surface area contributed by atoms with E-state index >= 15 is 0 Å². The van der Waals surface area contributed by atoms with Gasteiger partial charge in [0.2, 0.25) is 0 Å². The predicted octanol–water partition coefficient (Wildman–Crippen LogP) is 5.14. The minimum Gasteiger partial charge on any atom is -0.298 e. The summed E-state index contributed by atoms with van der Waals surface area (Å²) in [5, 5.41) is 0.956. The van der Waals surface area contributed by atoms with Crippen molar-refractivity contribution in [1.29, 1.82) is 0 Å². The summed E-state index contributed by atoms with van der Waals surface area (Å²) in [6.45, 7) is 8.26. The van der Waals surface area contributed by atoms with Gasteiger partial charge < -0.3 is 0 Å². The minimum atomic E-state index is 0.354. The van der Waals surface area contributed by atoms with Crippen molar-refractivity contribution in [2.24, 2.45) is 11.3 Å². The number of rotatable bonds is 2. The molecule has 0 radical (unpaired) electrons. The van der Waals surface area contributed by atoms with Gasteiger partial charge in [-0.05, 0) is 40.5 Å². The number of likely N-dealkylation sites (tertiary alicyclic amines) is 1. The lowest BCUT2D eigenvalue weighted by Gasteiger charge is -2.42. The summed E-state index contributed by atoms with van der Waals surface area (Å²) in [4.78, 5) is 2.63. The number of fused-ring (bicyclic) bond motifs is 3. The fourth-order valence-electron chi connectivity index (χ4n) is 4.69. The highest BCUT2D eigenvalue weighted by atomic mass is 35.5. The highest BCUT2D eigenvalue weighted by molar-refractivity contribution is 6.31. The second kappa shape index (κ2) is 5.65. The van der Waals surface area contributed by atoms with E-state index in [0.29, 0.717) is 17.3 Å². The fourth-order valence-corrected chi connectivity index (χ4v) is 4.95. The monoisotopic (exact) mass is 325 g/mol. The molecule has 1 fully saturated rings. The van der Waals surface area contributed by atoms with Gasteiger partial charge >= 0.3 is 0 Å². The van der Waals surface area contributed by atoms with Crippen LogP contribution in [0.15, 0.2) is 48.5 Å². The molecule has 4 rings (SSSR count). The van der Waals surface area contributed by atoms with Gasteiger partial charge in [0.1, 0.15) is 0 Å². The summed E-state index contributed by atoms with van der Waals surface area (Å²) in [6, 6.07) is 17.3. The molecule has 1 nitrogen and oxygen atoms in total. The molecule has 2 aromatic rings. The highest BCUT2D eigenvalue weighted by Gasteiger charge is 2.50. The van der Waals surface area contributed by atoms with Crippen molar-refractivity contribution in [2.75, 3.05) is 13.1 Å². The first-order valence-electron chi connectivity index (χ1n) is 8.61. The van der Waals surface area contributed by atoms with Crippen LogP contribution in [0.1, 0.15) is 36.5 Å². The molecule has 0 bridgehead atoms. The van der Waals surface area contributed by atoms with Crippen molar-refractivity contribution < 1.29 is 0 Å². The van der Waals surface area contributed by atoms with Crippen LogP contribution in [0.5, 0.6) is 0 Å². The Morgan fingerprint density at radius 2 is 1.91 bits per heavy atom. The van der Waals surface area contributed by atoms with E-state index in [1.165, 1.54) is 23.2 Å². The predicted molar refractivity (Wildman–Crippen MR) is 96.9 cm³/mol. The van der Waals surface area contributed by atoms with Gasteiger partial charge in [-0.25, -0.2) is 0 Å². The summed E-state index contributed by atoms with van der Waals surface area (Å²) in [6.07, 6.45) is 1.11. The molecule has 0 saturated carbocycles. The standard InChI is InChI=1S/C21H24ClN/c1-15-11-18-17(9-6-10-20(18)22)19-13-23(14-21(15,19)2)12-16-7-4-3-5-8-16/h3-10,15,19H,11-14H2,1-2H3/t15-,19?,21+/m0/s1. The van der Waals surface area contributed by atoms with Crippen LogP contribution in [0.3, 0.4) is 0 Å². The molecule has 2 aromatic carbocycles. The van der Waals surface area contributed by atoms with Crippen LogP contribution >= 0.6 is 11.6 Å². The Bertz CT molecular complexity index is 711. The molecule has 0 N–H and O–H groups in total. The molecular weight excluding hydrogens is 302 g/mol. The van der Waals surface area contributed by atoms with Crippen molar-refractivity contribution in [3.63, 3.8) is 0 Å². The van der Waals surface area contributed by atoms with Gasteiger partial charge in [0, 0.05) is 30.6 Å². The van der Waals surface area contributed by atoms with E-state index in [-0.39, 0.29) is 0 Å². The summed E-state index contributed by atoms with van der Waals surface area (Å²) >= 11 is 6.50. The number of benzene rings is 2. The second-order valence-corrected chi connectivity index (χ2v) is 8.03. The van der Waals surface area contributed by atoms with Crippen LogP contribution in [0.25, 0.3) is 0 Å². The lowest BCUT2D eigenvalue weighted by atomic mass is 9.61. The van der Waals surface area contributed by atoms with Crippen molar-refractivity contribution >= 4 is 11.6 Å². The third-order valence-corrected chi connectivity index (χ3v) is 6.57. The Hall–Kier alpha value is -1.31. The molecule has 2 heteroatoms. The smallest absolute Gasteiger partial charge is 0.0440 e. The molecule has 3 atom stereocenters. The van der Waals surface area contributed by atoms with Crippen molar-refractivity contribution in [3.05, 3.63) is 70.2 Å². The summed E-state index contributed by atoms with van der Waals surface area (Å²) < 4.78 is 0. The summed E-state index contributed by atoms with van der Waals surface area (Å²) in [5.74, 6) is 1.27. The van der Waals surface area contributed by atoms with Crippen LogP contribution in [-0.2, 0) is 13.0 Å². The first-order valence-corrected chi connectivity index (χ1v) is 8.99. The average Bonchev–Trinajstić information content (AvgIpc) is 2.88. The van der Waals surface area contributed by atoms with E-state index in [1.54, 1.807) is 0 Å². The van der Waals surface area contributed by atoms with Crippen molar-refractivity contribution in [1.82, 2.24) is 4.90 Å². The zero-order valence-electron chi connectivity index (χ0n) is 13.9. The Balaban J connectivity index is 1.65.